The molecule has 3 heterocycles. The van der Waals surface area contributed by atoms with Gasteiger partial charge in [-0.15, -0.1) is 0 Å². The highest BCUT2D eigenvalue weighted by Crippen LogP contribution is 2.38. The van der Waals surface area contributed by atoms with E-state index in [0.29, 0.717) is 29.5 Å². The second-order valence-corrected chi connectivity index (χ2v) is 7.76. The third-order valence-corrected chi connectivity index (χ3v) is 5.83. The van der Waals surface area contributed by atoms with Crippen LogP contribution >= 0.6 is 11.8 Å². The van der Waals surface area contributed by atoms with Gasteiger partial charge in [0.15, 0.2) is 11.5 Å². The van der Waals surface area contributed by atoms with Crippen molar-refractivity contribution in [3.8, 4) is 11.5 Å². The normalized spacial score (nSPS) is 20.7. The Labute approximate surface area is 161 Å². The molecule has 3 aliphatic heterocycles. The first kappa shape index (κ1) is 17.9. The van der Waals surface area contributed by atoms with Crippen molar-refractivity contribution in [3.05, 3.63) is 28.2 Å². The summed E-state index contributed by atoms with van der Waals surface area (Å²) < 4.78 is 10.7. The van der Waals surface area contributed by atoms with Gasteiger partial charge < -0.3 is 14.4 Å². The lowest BCUT2D eigenvalue weighted by atomic mass is 10.1. The van der Waals surface area contributed by atoms with Crippen molar-refractivity contribution in [2.75, 3.05) is 26.4 Å². The number of carbonyl (C=O) groups is 3. The lowest BCUT2D eigenvalue weighted by Gasteiger charge is -2.27. The van der Waals surface area contributed by atoms with Crippen molar-refractivity contribution in [2.45, 2.75) is 26.2 Å². The predicted octanol–water partition coefficient (Wildman–Crippen LogP) is 2.77. The van der Waals surface area contributed by atoms with Gasteiger partial charge in [-0.25, -0.2) is 0 Å². The summed E-state index contributed by atoms with van der Waals surface area (Å²) >= 11 is 0.863. The molecule has 7 nitrogen and oxygen atoms in total. The molecule has 0 aromatic heterocycles. The topological polar surface area (TPSA) is 76.2 Å². The Morgan fingerprint density at radius 3 is 2.59 bits per heavy atom. The third kappa shape index (κ3) is 3.53. The van der Waals surface area contributed by atoms with Gasteiger partial charge in [0.2, 0.25) is 12.7 Å². The molecule has 2 saturated heterocycles. The van der Waals surface area contributed by atoms with Gasteiger partial charge in [0.25, 0.3) is 11.1 Å². The number of imide groups is 1. The molecule has 0 saturated carbocycles. The minimum Gasteiger partial charge on any atom is -0.454 e. The molecule has 0 aliphatic carbocycles. The van der Waals surface area contributed by atoms with Gasteiger partial charge in [0, 0.05) is 13.1 Å². The van der Waals surface area contributed by atoms with Crippen LogP contribution in [0.2, 0.25) is 0 Å². The van der Waals surface area contributed by atoms with Gasteiger partial charge in [-0.1, -0.05) is 0 Å². The summed E-state index contributed by atoms with van der Waals surface area (Å²) in [6, 6.07) is 3.64. The maximum atomic E-state index is 12.7. The summed E-state index contributed by atoms with van der Waals surface area (Å²) in [6.45, 7) is 3.27. The Balaban J connectivity index is 1.51. The van der Waals surface area contributed by atoms with Crippen LogP contribution in [0.5, 0.6) is 11.5 Å². The molecule has 0 unspecified atom stereocenters. The highest BCUT2D eigenvalue weighted by atomic mass is 32.2. The van der Waals surface area contributed by atoms with Crippen molar-refractivity contribution in [1.82, 2.24) is 9.80 Å². The summed E-state index contributed by atoms with van der Waals surface area (Å²) in [5.74, 6) is 0.696. The number of nitrogens with zero attached hydrogens (tertiary/aromatic N) is 2. The maximum absolute atomic E-state index is 12.7. The number of carbonyl (C=O) groups excluding carboxylic acids is 3. The quantitative estimate of drug-likeness (QED) is 0.741. The van der Waals surface area contributed by atoms with Crippen LogP contribution in [-0.2, 0) is 9.59 Å². The van der Waals surface area contributed by atoms with Crippen molar-refractivity contribution < 1.29 is 23.9 Å². The molecule has 0 spiro atoms. The molecule has 0 atom stereocenters. The van der Waals surface area contributed by atoms with Crippen LogP contribution in [-0.4, -0.2) is 53.3 Å². The second-order valence-electron chi connectivity index (χ2n) is 6.77. The number of aryl methyl sites for hydroxylation is 1. The Morgan fingerprint density at radius 2 is 1.85 bits per heavy atom. The molecular weight excluding hydrogens is 368 g/mol. The van der Waals surface area contributed by atoms with E-state index in [1.54, 1.807) is 17.0 Å². The van der Waals surface area contributed by atoms with Gasteiger partial charge in [-0.05, 0) is 67.3 Å². The van der Waals surface area contributed by atoms with E-state index < -0.39 is 11.1 Å². The SMILES string of the molecule is Cc1cc2c(cc1/C=C1\SC(=O)N(CC(=O)N3CCCCC3)C1=O)OCO2. The molecule has 1 aromatic rings. The van der Waals surface area contributed by atoms with E-state index in [0.717, 1.165) is 47.1 Å². The monoisotopic (exact) mass is 388 g/mol. The van der Waals surface area contributed by atoms with Crippen molar-refractivity contribution in [3.63, 3.8) is 0 Å². The lowest BCUT2D eigenvalue weighted by Crippen LogP contribution is -2.44. The smallest absolute Gasteiger partial charge is 0.294 e. The zero-order chi connectivity index (χ0) is 19.0. The van der Waals surface area contributed by atoms with Crippen LogP contribution in [0.4, 0.5) is 4.79 Å². The Hall–Kier alpha value is -2.48. The van der Waals surface area contributed by atoms with Crippen LogP contribution in [0, 0.1) is 6.92 Å². The fourth-order valence-corrected chi connectivity index (χ4v) is 4.20. The fourth-order valence-electron chi connectivity index (χ4n) is 3.37. The van der Waals surface area contributed by atoms with E-state index in [4.69, 9.17) is 9.47 Å². The predicted molar refractivity (Wildman–Crippen MR) is 100 cm³/mol. The molecule has 1 aromatic carbocycles. The molecule has 3 aliphatic rings. The van der Waals surface area contributed by atoms with Crippen molar-refractivity contribution in [2.24, 2.45) is 0 Å². The number of hydrogen-bond donors (Lipinski definition) is 0. The standard InChI is InChI=1S/C19H20N2O5S/c1-12-7-14-15(26-11-25-14)8-13(12)9-16-18(23)21(19(24)27-16)10-17(22)20-5-3-2-4-6-20/h7-9H,2-6,10-11H2,1H3/b16-9-. The molecule has 2 fully saturated rings. The molecule has 0 radical (unpaired) electrons. The average molecular weight is 388 g/mol. The van der Waals surface area contributed by atoms with Gasteiger partial charge in [-0.2, -0.15) is 0 Å². The van der Waals surface area contributed by atoms with Crippen molar-refractivity contribution >= 4 is 34.9 Å². The molecule has 4 rings (SSSR count). The number of rotatable bonds is 3. The summed E-state index contributed by atoms with van der Waals surface area (Å²) in [5.41, 5.74) is 1.70. The van der Waals surface area contributed by atoms with Gasteiger partial charge in [-0.3, -0.25) is 19.3 Å². The number of benzene rings is 1. The third-order valence-electron chi connectivity index (χ3n) is 4.92. The van der Waals surface area contributed by atoms with E-state index in [1.165, 1.54) is 0 Å². The van der Waals surface area contributed by atoms with Crippen LogP contribution < -0.4 is 9.47 Å². The van der Waals surface area contributed by atoms with Crippen molar-refractivity contribution in [1.29, 1.82) is 0 Å². The molecular formula is C19H20N2O5S. The minimum absolute atomic E-state index is 0.169. The number of piperidine rings is 1. The first-order valence-electron chi connectivity index (χ1n) is 8.96. The summed E-state index contributed by atoms with van der Waals surface area (Å²) in [6.07, 6.45) is 4.73. The van der Waals surface area contributed by atoms with Crippen LogP contribution in [0.3, 0.4) is 0 Å². The molecule has 8 heteroatoms. The van der Waals surface area contributed by atoms with Crippen LogP contribution in [0.25, 0.3) is 6.08 Å². The Bertz CT molecular complexity index is 845. The molecule has 0 N–H and O–H groups in total. The molecule has 142 valence electrons. The highest BCUT2D eigenvalue weighted by Gasteiger charge is 2.37. The van der Waals surface area contributed by atoms with E-state index in [2.05, 4.69) is 0 Å². The number of thioether (sulfide) groups is 1. The first-order valence-corrected chi connectivity index (χ1v) is 9.78. The summed E-state index contributed by atoms with van der Waals surface area (Å²) in [7, 11) is 0. The first-order chi connectivity index (χ1) is 13.0. The van der Waals surface area contributed by atoms with Crippen LogP contribution in [0.1, 0.15) is 30.4 Å². The molecule has 3 amide bonds. The largest absolute Gasteiger partial charge is 0.454 e. The zero-order valence-electron chi connectivity index (χ0n) is 15.0. The Morgan fingerprint density at radius 1 is 1.15 bits per heavy atom. The van der Waals surface area contributed by atoms with E-state index in [9.17, 15) is 14.4 Å². The number of hydrogen-bond acceptors (Lipinski definition) is 6. The minimum atomic E-state index is -0.424. The molecule has 0 bridgehead atoms. The molecule has 27 heavy (non-hydrogen) atoms. The van der Waals surface area contributed by atoms with E-state index in [-0.39, 0.29) is 19.2 Å². The zero-order valence-corrected chi connectivity index (χ0v) is 15.8. The number of ether oxygens (including phenoxy) is 2. The van der Waals surface area contributed by atoms with Gasteiger partial charge in [0.1, 0.15) is 6.54 Å². The lowest BCUT2D eigenvalue weighted by molar-refractivity contribution is -0.136. The fraction of sp³-hybridized carbons (Fsp3) is 0.421. The van der Waals surface area contributed by atoms with Gasteiger partial charge in [0.05, 0.1) is 4.91 Å². The highest BCUT2D eigenvalue weighted by molar-refractivity contribution is 8.18. The number of fused-ring (bicyclic) bond motifs is 1. The number of amides is 3. The average Bonchev–Trinajstić information content (AvgIpc) is 3.22. The second kappa shape index (κ2) is 7.26. The van der Waals surface area contributed by atoms with E-state index >= 15 is 0 Å². The maximum Gasteiger partial charge on any atom is 0.294 e. The summed E-state index contributed by atoms with van der Waals surface area (Å²) in [5, 5.41) is -0.407. The number of likely N-dealkylation sites (tertiary alicyclic amines) is 1. The Kier molecular flexibility index (Phi) is 4.82. The van der Waals surface area contributed by atoms with Gasteiger partial charge >= 0.3 is 0 Å². The summed E-state index contributed by atoms with van der Waals surface area (Å²) in [4.78, 5) is 40.5. The van der Waals surface area contributed by atoms with Crippen LogP contribution in [0.15, 0.2) is 17.0 Å². The van der Waals surface area contributed by atoms with E-state index in [1.807, 2.05) is 13.0 Å².